The molecule has 13 rings (SSSR count). The second kappa shape index (κ2) is 14.4. The van der Waals surface area contributed by atoms with Crippen molar-refractivity contribution >= 4 is 34.1 Å². The summed E-state index contributed by atoms with van der Waals surface area (Å²) >= 11 is 0. The Morgan fingerprint density at radius 1 is 0.246 bits per heavy atom. The molecule has 0 radical (unpaired) electrons. The third-order valence-electron chi connectivity index (χ3n) is 14.4. The van der Waals surface area contributed by atoms with Crippen molar-refractivity contribution in [2.24, 2.45) is 0 Å². The first-order chi connectivity index (χ1) is 32.2. The van der Waals surface area contributed by atoms with Crippen LogP contribution in [0.4, 0.5) is 34.1 Å². The van der Waals surface area contributed by atoms with Crippen molar-refractivity contribution in [1.82, 2.24) is 0 Å². The van der Waals surface area contributed by atoms with Gasteiger partial charge in [0.15, 0.2) is 0 Å². The fraction of sp³-hybridized carbons (Fsp3) is 0.0476. The van der Waals surface area contributed by atoms with Crippen LogP contribution in [0.2, 0.25) is 0 Å². The van der Waals surface area contributed by atoms with Crippen molar-refractivity contribution in [3.05, 3.63) is 299 Å². The van der Waals surface area contributed by atoms with E-state index in [9.17, 15) is 0 Å². The Balaban J connectivity index is 1.22. The summed E-state index contributed by atoms with van der Waals surface area (Å²) < 4.78 is 0. The highest BCUT2D eigenvalue weighted by Crippen LogP contribution is 2.68. The van der Waals surface area contributed by atoms with Crippen LogP contribution in [0.25, 0.3) is 22.3 Å². The van der Waals surface area contributed by atoms with Crippen molar-refractivity contribution in [3.63, 3.8) is 0 Å². The summed E-state index contributed by atoms with van der Waals surface area (Å²) in [5.74, 6) is 0. The number of benzene rings is 10. The maximum Gasteiger partial charge on any atom is 0.0720 e. The molecular formula is C63H44N2. The standard InChI is InChI=1S/C63H44N2/c1-43-40-58-60(42-61(43)65(46-26-10-4-11-27-46)47-28-12-5-13-29-47)62(53-34-18-14-30-49(53)50-31-15-19-35-54(50)62)57-39-38-48(64(44-22-6-2-7-23-44)45-24-8-3-9-25-45)41-59(57)63(58)55-36-20-16-32-51(55)52-33-17-21-37-56(52)63/h2-42H,1H3. The molecule has 0 bridgehead atoms. The van der Waals surface area contributed by atoms with Crippen LogP contribution >= 0.6 is 0 Å². The molecule has 0 saturated heterocycles. The Morgan fingerprint density at radius 2 is 0.569 bits per heavy atom. The van der Waals surface area contributed by atoms with Gasteiger partial charge in [-0.2, -0.15) is 0 Å². The van der Waals surface area contributed by atoms with Crippen LogP contribution in [0.15, 0.2) is 249 Å². The van der Waals surface area contributed by atoms with Gasteiger partial charge in [-0.05, 0) is 146 Å². The van der Waals surface area contributed by atoms with Crippen molar-refractivity contribution in [1.29, 1.82) is 0 Å². The zero-order chi connectivity index (χ0) is 43.1. The summed E-state index contributed by atoms with van der Waals surface area (Å²) in [7, 11) is 0. The van der Waals surface area contributed by atoms with E-state index in [1.165, 1.54) is 72.3 Å². The van der Waals surface area contributed by atoms with Crippen LogP contribution in [0.1, 0.15) is 50.1 Å². The van der Waals surface area contributed by atoms with E-state index in [0.29, 0.717) is 0 Å². The zero-order valence-electron chi connectivity index (χ0n) is 36.1. The monoisotopic (exact) mass is 828 g/mol. The fourth-order valence-electron chi connectivity index (χ4n) is 12.0. The Hall–Kier alpha value is -8.20. The molecule has 0 saturated carbocycles. The number of fused-ring (bicyclic) bond motifs is 16. The first-order valence-corrected chi connectivity index (χ1v) is 22.7. The molecule has 65 heavy (non-hydrogen) atoms. The lowest BCUT2D eigenvalue weighted by molar-refractivity contribution is 0.632. The number of para-hydroxylation sites is 4. The predicted molar refractivity (Wildman–Crippen MR) is 269 cm³/mol. The average molecular weight is 829 g/mol. The molecular weight excluding hydrogens is 785 g/mol. The minimum atomic E-state index is -0.655. The Labute approximate surface area is 381 Å². The van der Waals surface area contributed by atoms with Gasteiger partial charge < -0.3 is 9.80 Å². The molecule has 10 aromatic carbocycles. The fourth-order valence-corrected chi connectivity index (χ4v) is 12.0. The van der Waals surface area contributed by atoms with E-state index in [1.54, 1.807) is 0 Å². The van der Waals surface area contributed by atoms with Crippen LogP contribution in [-0.4, -0.2) is 0 Å². The molecule has 0 aromatic heterocycles. The molecule has 306 valence electrons. The van der Waals surface area contributed by atoms with E-state index in [2.05, 4.69) is 265 Å². The number of rotatable bonds is 6. The van der Waals surface area contributed by atoms with Crippen molar-refractivity contribution in [2.75, 3.05) is 9.80 Å². The van der Waals surface area contributed by atoms with Crippen molar-refractivity contribution in [2.45, 2.75) is 17.8 Å². The van der Waals surface area contributed by atoms with Gasteiger partial charge in [0.25, 0.3) is 0 Å². The maximum atomic E-state index is 2.58. The molecule has 0 unspecified atom stereocenters. The highest BCUT2D eigenvalue weighted by atomic mass is 15.1. The Kier molecular flexibility index (Phi) is 8.29. The molecule has 0 amide bonds. The van der Waals surface area contributed by atoms with Gasteiger partial charge in [-0.15, -0.1) is 0 Å². The summed E-state index contributed by atoms with van der Waals surface area (Å²) in [5.41, 5.74) is 22.3. The van der Waals surface area contributed by atoms with Gasteiger partial charge in [0.05, 0.1) is 10.8 Å². The van der Waals surface area contributed by atoms with E-state index in [-0.39, 0.29) is 0 Å². The topological polar surface area (TPSA) is 6.48 Å². The number of nitrogens with zero attached hydrogens (tertiary/aromatic N) is 2. The molecule has 0 atom stereocenters. The van der Waals surface area contributed by atoms with Gasteiger partial charge in [-0.1, -0.05) is 182 Å². The van der Waals surface area contributed by atoms with Crippen LogP contribution in [0.3, 0.4) is 0 Å². The lowest BCUT2D eigenvalue weighted by atomic mass is 9.52. The van der Waals surface area contributed by atoms with E-state index in [4.69, 9.17) is 0 Å². The SMILES string of the molecule is Cc1cc2c(cc1N(c1ccccc1)c1ccccc1)C1(c3ccccc3-c3ccccc31)c1ccc(N(c3ccccc3)c3ccccc3)cc1C21c2ccccc2-c2ccccc21. The predicted octanol–water partition coefficient (Wildman–Crippen LogP) is 16.0. The van der Waals surface area contributed by atoms with E-state index in [0.717, 1.165) is 34.1 Å². The van der Waals surface area contributed by atoms with Gasteiger partial charge in [-0.3, -0.25) is 0 Å². The third kappa shape index (κ3) is 5.17. The van der Waals surface area contributed by atoms with Gasteiger partial charge in [0, 0.05) is 34.1 Å². The number of hydrogen-bond donors (Lipinski definition) is 0. The smallest absolute Gasteiger partial charge is 0.0720 e. The summed E-state index contributed by atoms with van der Waals surface area (Å²) in [6.45, 7) is 2.32. The largest absolute Gasteiger partial charge is 0.310 e. The Morgan fingerprint density at radius 3 is 0.985 bits per heavy atom. The summed E-state index contributed by atoms with van der Waals surface area (Å²) in [6.07, 6.45) is 0. The average Bonchev–Trinajstić information content (AvgIpc) is 3.84. The van der Waals surface area contributed by atoms with Crippen molar-refractivity contribution < 1.29 is 0 Å². The molecule has 10 aromatic rings. The quantitative estimate of drug-likeness (QED) is 0.165. The normalized spacial score (nSPS) is 13.9. The molecule has 0 aliphatic heterocycles. The minimum Gasteiger partial charge on any atom is -0.310 e. The van der Waals surface area contributed by atoms with E-state index < -0.39 is 10.8 Å². The second-order valence-electron chi connectivity index (χ2n) is 17.6. The van der Waals surface area contributed by atoms with Crippen LogP contribution in [0, 0.1) is 6.92 Å². The van der Waals surface area contributed by atoms with Gasteiger partial charge in [0.1, 0.15) is 0 Å². The minimum absolute atomic E-state index is 0.653. The third-order valence-corrected chi connectivity index (χ3v) is 14.4. The van der Waals surface area contributed by atoms with Crippen molar-refractivity contribution in [3.8, 4) is 22.3 Å². The van der Waals surface area contributed by atoms with Gasteiger partial charge in [-0.25, -0.2) is 0 Å². The molecule has 0 heterocycles. The van der Waals surface area contributed by atoms with Gasteiger partial charge in [0.2, 0.25) is 0 Å². The van der Waals surface area contributed by atoms with E-state index in [1.807, 2.05) is 0 Å². The number of aryl methyl sites for hydroxylation is 1. The van der Waals surface area contributed by atoms with Gasteiger partial charge >= 0.3 is 0 Å². The maximum absolute atomic E-state index is 2.58. The highest BCUT2D eigenvalue weighted by Gasteiger charge is 2.59. The highest BCUT2D eigenvalue weighted by molar-refractivity contribution is 5.96. The molecule has 2 spiro atoms. The van der Waals surface area contributed by atoms with Crippen LogP contribution in [0.5, 0.6) is 0 Å². The first kappa shape index (κ1) is 37.4. The molecule has 3 aliphatic rings. The number of hydrogen-bond acceptors (Lipinski definition) is 2. The van der Waals surface area contributed by atoms with Crippen LogP contribution in [-0.2, 0) is 10.8 Å². The summed E-state index contributed by atoms with van der Waals surface area (Å²) in [6, 6.07) is 92.7. The molecule has 2 heteroatoms. The molecule has 2 nitrogen and oxygen atoms in total. The second-order valence-corrected chi connectivity index (χ2v) is 17.6. The first-order valence-electron chi connectivity index (χ1n) is 22.7. The molecule has 0 fully saturated rings. The van der Waals surface area contributed by atoms with Crippen LogP contribution < -0.4 is 9.80 Å². The summed E-state index contributed by atoms with van der Waals surface area (Å²) in [5, 5.41) is 0. The molecule has 0 N–H and O–H groups in total. The lowest BCUT2D eigenvalue weighted by Gasteiger charge is -2.50. The van der Waals surface area contributed by atoms with E-state index >= 15 is 0 Å². The Bertz CT molecular complexity index is 3280. The molecule has 3 aliphatic carbocycles. The summed E-state index contributed by atoms with van der Waals surface area (Å²) in [4.78, 5) is 4.88. The lowest BCUT2D eigenvalue weighted by Crippen LogP contribution is -2.44. The zero-order valence-corrected chi connectivity index (χ0v) is 36.1. The number of anilines is 6.